The van der Waals surface area contributed by atoms with E-state index in [2.05, 4.69) is 5.32 Å². The molecule has 0 saturated carbocycles. The molecule has 0 spiro atoms. The molecule has 0 bridgehead atoms. The van der Waals surface area contributed by atoms with Crippen molar-refractivity contribution in [2.45, 2.75) is 46.3 Å². The highest BCUT2D eigenvalue weighted by atomic mass is 16.5. The van der Waals surface area contributed by atoms with Crippen molar-refractivity contribution >= 4 is 29.2 Å². The Kier molecular flexibility index (Phi) is 5.59. The van der Waals surface area contributed by atoms with Gasteiger partial charge in [-0.15, -0.1) is 0 Å². The number of carbonyl (C=O) groups excluding carboxylic acids is 2. The van der Waals surface area contributed by atoms with Crippen molar-refractivity contribution < 1.29 is 24.2 Å². The molecular formula is C22H24N2O5. The van der Waals surface area contributed by atoms with Crippen LogP contribution >= 0.6 is 0 Å². The van der Waals surface area contributed by atoms with Crippen LogP contribution in [0.5, 0.6) is 5.75 Å². The number of nitrogens with zero attached hydrogens (tertiary/aromatic N) is 1. The van der Waals surface area contributed by atoms with E-state index in [0.29, 0.717) is 5.75 Å². The minimum atomic E-state index is -1.12. The summed E-state index contributed by atoms with van der Waals surface area (Å²) in [7, 11) is 0. The number of fused-ring (bicyclic) bond motifs is 1. The third kappa shape index (κ3) is 3.81. The van der Waals surface area contributed by atoms with Gasteiger partial charge in [0.05, 0.1) is 11.3 Å². The van der Waals surface area contributed by atoms with Crippen LogP contribution in [0.4, 0.5) is 11.4 Å². The molecule has 7 heteroatoms. The van der Waals surface area contributed by atoms with Gasteiger partial charge in [-0.1, -0.05) is 25.1 Å². The molecular weight excluding hydrogens is 372 g/mol. The molecule has 152 valence electrons. The second-order valence-electron chi connectivity index (χ2n) is 7.08. The highest BCUT2D eigenvalue weighted by Gasteiger charge is 2.37. The van der Waals surface area contributed by atoms with Gasteiger partial charge in [0.2, 0.25) is 5.91 Å². The monoisotopic (exact) mass is 396 g/mol. The lowest BCUT2D eigenvalue weighted by Gasteiger charge is -2.36. The second kappa shape index (κ2) is 7.95. The first kappa shape index (κ1) is 20.4. The Morgan fingerprint density at radius 2 is 2.00 bits per heavy atom. The molecule has 7 nitrogen and oxygen atoms in total. The molecule has 1 aliphatic rings. The van der Waals surface area contributed by atoms with Gasteiger partial charge in [0.15, 0.2) is 6.10 Å². The van der Waals surface area contributed by atoms with Gasteiger partial charge >= 0.3 is 5.97 Å². The summed E-state index contributed by atoms with van der Waals surface area (Å²) in [6.45, 7) is 7.14. The Balaban J connectivity index is 1.97. The van der Waals surface area contributed by atoms with Crippen molar-refractivity contribution in [2.75, 3.05) is 10.2 Å². The van der Waals surface area contributed by atoms with E-state index in [1.807, 2.05) is 32.0 Å². The van der Waals surface area contributed by atoms with E-state index in [9.17, 15) is 19.5 Å². The molecule has 1 aliphatic heterocycles. The molecule has 2 aromatic rings. The van der Waals surface area contributed by atoms with E-state index < -0.39 is 24.0 Å². The van der Waals surface area contributed by atoms with E-state index in [0.717, 1.165) is 23.2 Å². The number of rotatable bonds is 5. The Labute approximate surface area is 169 Å². The van der Waals surface area contributed by atoms with Crippen LogP contribution in [0, 0.1) is 6.92 Å². The third-order valence-electron chi connectivity index (χ3n) is 5.11. The van der Waals surface area contributed by atoms with Crippen molar-refractivity contribution in [2.24, 2.45) is 0 Å². The molecule has 2 unspecified atom stereocenters. The number of benzene rings is 2. The highest BCUT2D eigenvalue weighted by Crippen LogP contribution is 2.36. The molecule has 0 radical (unpaired) electrons. The van der Waals surface area contributed by atoms with Gasteiger partial charge in [-0.2, -0.15) is 0 Å². The number of para-hydroxylation sites is 1. The van der Waals surface area contributed by atoms with E-state index in [1.54, 1.807) is 13.8 Å². The fourth-order valence-corrected chi connectivity index (χ4v) is 3.44. The minimum absolute atomic E-state index is 0.0134. The van der Waals surface area contributed by atoms with Crippen LogP contribution in [-0.4, -0.2) is 35.0 Å². The first-order chi connectivity index (χ1) is 13.7. The van der Waals surface area contributed by atoms with Gasteiger partial charge in [0, 0.05) is 5.69 Å². The van der Waals surface area contributed by atoms with Gasteiger partial charge in [-0.05, 0) is 56.5 Å². The Bertz CT molecular complexity index is 985. The maximum absolute atomic E-state index is 13.1. The van der Waals surface area contributed by atoms with E-state index in [1.165, 1.54) is 23.1 Å². The molecule has 29 heavy (non-hydrogen) atoms. The van der Waals surface area contributed by atoms with Crippen LogP contribution in [0.1, 0.15) is 42.3 Å². The number of carboxylic acids is 1. The molecule has 2 N–H and O–H groups in total. The first-order valence-electron chi connectivity index (χ1n) is 9.51. The topological polar surface area (TPSA) is 95.9 Å². The summed E-state index contributed by atoms with van der Waals surface area (Å²) in [5.74, 6) is -1.51. The number of anilines is 2. The standard InChI is InChI=1S/C22H24N2O5/c1-5-15-8-6-7-12(2)19(15)23-20(25)13(3)24-17-11-16(22(27)28)9-10-18(17)29-14(4)21(24)26/h6-11,13-14H,5H2,1-4H3,(H,23,25)(H,27,28). The zero-order chi connectivity index (χ0) is 21.3. The van der Waals surface area contributed by atoms with Crippen LogP contribution < -0.4 is 15.0 Å². The number of amides is 2. The predicted molar refractivity (Wildman–Crippen MR) is 110 cm³/mol. The van der Waals surface area contributed by atoms with Gasteiger partial charge in [-0.25, -0.2) is 4.79 Å². The molecule has 2 atom stereocenters. The lowest BCUT2D eigenvalue weighted by atomic mass is 10.0. The van der Waals surface area contributed by atoms with Crippen LogP contribution in [0.2, 0.25) is 0 Å². The number of ether oxygens (including phenoxy) is 1. The molecule has 0 saturated heterocycles. The largest absolute Gasteiger partial charge is 0.479 e. The number of aromatic carboxylic acids is 1. The zero-order valence-corrected chi connectivity index (χ0v) is 16.9. The van der Waals surface area contributed by atoms with Crippen LogP contribution in [0.3, 0.4) is 0 Å². The van der Waals surface area contributed by atoms with E-state index >= 15 is 0 Å². The van der Waals surface area contributed by atoms with Crippen molar-refractivity contribution in [1.29, 1.82) is 0 Å². The quantitative estimate of drug-likeness (QED) is 0.808. The summed E-state index contributed by atoms with van der Waals surface area (Å²) in [4.78, 5) is 38.6. The molecule has 0 aliphatic carbocycles. The van der Waals surface area contributed by atoms with Crippen LogP contribution in [0.25, 0.3) is 0 Å². The molecule has 0 aromatic heterocycles. The summed E-state index contributed by atoms with van der Waals surface area (Å²) in [5.41, 5.74) is 2.96. The van der Waals surface area contributed by atoms with Crippen molar-refractivity contribution in [3.8, 4) is 5.75 Å². The Morgan fingerprint density at radius 1 is 1.28 bits per heavy atom. The van der Waals surface area contributed by atoms with Crippen molar-refractivity contribution in [1.82, 2.24) is 0 Å². The lowest BCUT2D eigenvalue weighted by molar-refractivity contribution is -0.128. The fraction of sp³-hybridized carbons (Fsp3) is 0.318. The predicted octanol–water partition coefficient (Wildman–Crippen LogP) is 3.40. The normalized spacial score (nSPS) is 16.6. The first-order valence-corrected chi connectivity index (χ1v) is 9.51. The highest BCUT2D eigenvalue weighted by molar-refractivity contribution is 6.08. The van der Waals surface area contributed by atoms with Gasteiger partial charge in [0.25, 0.3) is 5.91 Å². The number of nitrogens with one attached hydrogen (secondary N) is 1. The Morgan fingerprint density at radius 3 is 2.66 bits per heavy atom. The fourth-order valence-electron chi connectivity index (χ4n) is 3.44. The average molecular weight is 396 g/mol. The zero-order valence-electron chi connectivity index (χ0n) is 16.9. The molecule has 2 aromatic carbocycles. The van der Waals surface area contributed by atoms with Gasteiger partial charge in [-0.3, -0.25) is 14.5 Å². The number of hydrogen-bond acceptors (Lipinski definition) is 4. The molecule has 3 rings (SSSR count). The minimum Gasteiger partial charge on any atom is -0.479 e. The summed E-state index contributed by atoms with van der Waals surface area (Å²) in [6, 6.07) is 9.21. The summed E-state index contributed by atoms with van der Waals surface area (Å²) < 4.78 is 5.60. The maximum Gasteiger partial charge on any atom is 0.335 e. The SMILES string of the molecule is CCc1cccc(C)c1NC(=O)C(C)N1C(=O)C(C)Oc2ccc(C(=O)O)cc21. The molecule has 1 heterocycles. The summed E-state index contributed by atoms with van der Waals surface area (Å²) in [5, 5.41) is 12.2. The van der Waals surface area contributed by atoms with Crippen molar-refractivity contribution in [3.63, 3.8) is 0 Å². The van der Waals surface area contributed by atoms with Crippen LogP contribution in [-0.2, 0) is 16.0 Å². The van der Waals surface area contributed by atoms with E-state index in [4.69, 9.17) is 4.74 Å². The summed E-state index contributed by atoms with van der Waals surface area (Å²) in [6.07, 6.45) is -0.0256. The average Bonchev–Trinajstić information content (AvgIpc) is 2.69. The van der Waals surface area contributed by atoms with Gasteiger partial charge < -0.3 is 15.2 Å². The summed E-state index contributed by atoms with van der Waals surface area (Å²) >= 11 is 0. The van der Waals surface area contributed by atoms with Crippen LogP contribution in [0.15, 0.2) is 36.4 Å². The smallest absolute Gasteiger partial charge is 0.335 e. The molecule has 0 fully saturated rings. The number of aryl methyl sites for hydroxylation is 2. The second-order valence-corrected chi connectivity index (χ2v) is 7.08. The number of hydrogen-bond donors (Lipinski definition) is 2. The van der Waals surface area contributed by atoms with Gasteiger partial charge in [0.1, 0.15) is 11.8 Å². The number of carboxylic acid groups (broad SMARTS) is 1. The van der Waals surface area contributed by atoms with E-state index in [-0.39, 0.29) is 17.2 Å². The maximum atomic E-state index is 13.1. The Hall–Kier alpha value is -3.35. The molecule has 2 amide bonds. The van der Waals surface area contributed by atoms with Crippen molar-refractivity contribution in [3.05, 3.63) is 53.1 Å². The third-order valence-corrected chi connectivity index (χ3v) is 5.11. The lowest BCUT2D eigenvalue weighted by Crippen LogP contribution is -2.52. The number of carbonyl (C=O) groups is 3.